The molecule has 3 N–H and O–H groups in total. The van der Waals surface area contributed by atoms with Crippen LogP contribution >= 0.6 is 7.82 Å². The zero-order valence-electron chi connectivity index (χ0n) is 48.0. The first-order valence-corrected chi connectivity index (χ1v) is 33.5. The number of ether oxygens (including phenoxy) is 2. The van der Waals surface area contributed by atoms with E-state index in [2.05, 4.69) is 13.8 Å². The largest absolute Gasteiger partial charge is 0.472 e. The zero-order chi connectivity index (χ0) is 51.5. The molecule has 0 bridgehead atoms. The summed E-state index contributed by atoms with van der Waals surface area (Å²) in [4.78, 5) is 22.7. The topological polar surface area (TPSA) is 117 Å². The number of rotatable bonds is 63. The second-order valence-corrected chi connectivity index (χ2v) is 23.5. The van der Waals surface area contributed by atoms with Gasteiger partial charge in [-0.3, -0.25) is 13.8 Å². The van der Waals surface area contributed by atoms with E-state index >= 15 is 0 Å². The molecule has 71 heavy (non-hydrogen) atoms. The molecular formula is C62H126NO7P. The Hall–Kier alpha value is -0.500. The summed E-state index contributed by atoms with van der Waals surface area (Å²) < 4.78 is 33.7. The van der Waals surface area contributed by atoms with E-state index in [-0.39, 0.29) is 32.3 Å². The normalized spacial score (nSPS) is 13.0. The molecular weight excluding hydrogens is 902 g/mol. The van der Waals surface area contributed by atoms with Crippen molar-refractivity contribution >= 4 is 13.8 Å². The maximum Gasteiger partial charge on any atom is 0.472 e. The van der Waals surface area contributed by atoms with Crippen LogP contribution in [0.2, 0.25) is 0 Å². The molecule has 0 aromatic carbocycles. The summed E-state index contributed by atoms with van der Waals surface area (Å²) in [6, 6.07) is 0. The molecule has 0 amide bonds. The van der Waals surface area contributed by atoms with E-state index in [4.69, 9.17) is 24.3 Å². The second-order valence-electron chi connectivity index (χ2n) is 22.0. The van der Waals surface area contributed by atoms with Crippen molar-refractivity contribution in [2.45, 2.75) is 360 Å². The molecule has 8 nitrogen and oxygen atoms in total. The molecule has 0 aliphatic heterocycles. The minimum absolute atomic E-state index is 0.0895. The van der Waals surface area contributed by atoms with Crippen LogP contribution in [0.1, 0.15) is 354 Å². The summed E-state index contributed by atoms with van der Waals surface area (Å²) in [6.45, 7) is 5.02. The van der Waals surface area contributed by atoms with Crippen LogP contribution in [0, 0.1) is 0 Å². The quantitative estimate of drug-likeness (QED) is 0.0351. The van der Waals surface area contributed by atoms with Crippen molar-refractivity contribution < 1.29 is 32.8 Å². The molecule has 0 fully saturated rings. The first-order chi connectivity index (χ1) is 34.9. The molecule has 2 atom stereocenters. The Morgan fingerprint density at radius 3 is 0.887 bits per heavy atom. The fourth-order valence-corrected chi connectivity index (χ4v) is 10.8. The van der Waals surface area contributed by atoms with Crippen molar-refractivity contribution in [1.29, 1.82) is 0 Å². The smallest absolute Gasteiger partial charge is 0.457 e. The zero-order valence-corrected chi connectivity index (χ0v) is 48.9. The van der Waals surface area contributed by atoms with Gasteiger partial charge in [0, 0.05) is 19.6 Å². The molecule has 0 spiro atoms. The van der Waals surface area contributed by atoms with Crippen LogP contribution in [0.3, 0.4) is 0 Å². The third-order valence-corrected chi connectivity index (χ3v) is 15.8. The van der Waals surface area contributed by atoms with Gasteiger partial charge in [-0.15, -0.1) is 0 Å². The molecule has 426 valence electrons. The Morgan fingerprint density at radius 1 is 0.366 bits per heavy atom. The van der Waals surface area contributed by atoms with E-state index in [1.54, 1.807) is 0 Å². The molecule has 0 radical (unpaired) electrons. The predicted molar refractivity (Wildman–Crippen MR) is 308 cm³/mol. The number of nitrogens with two attached hydrogens (primary N) is 1. The van der Waals surface area contributed by atoms with Crippen LogP contribution in [0.4, 0.5) is 0 Å². The Morgan fingerprint density at radius 2 is 0.620 bits per heavy atom. The number of hydrogen-bond donors (Lipinski definition) is 2. The van der Waals surface area contributed by atoms with E-state index in [0.717, 1.165) is 32.1 Å². The van der Waals surface area contributed by atoms with Crippen LogP contribution in [-0.2, 0) is 27.9 Å². The van der Waals surface area contributed by atoms with Gasteiger partial charge in [-0.25, -0.2) is 4.57 Å². The average Bonchev–Trinajstić information content (AvgIpc) is 3.36. The summed E-state index contributed by atoms with van der Waals surface area (Å²) >= 11 is 0. The monoisotopic (exact) mass is 1030 g/mol. The van der Waals surface area contributed by atoms with Gasteiger partial charge in [-0.2, -0.15) is 0 Å². The second kappa shape index (κ2) is 60.4. The minimum atomic E-state index is -4.28. The first-order valence-electron chi connectivity index (χ1n) is 32.0. The molecule has 0 heterocycles. The van der Waals surface area contributed by atoms with Crippen LogP contribution < -0.4 is 5.73 Å². The van der Waals surface area contributed by atoms with Crippen LogP contribution in [0.15, 0.2) is 0 Å². The Labute approximate surface area is 443 Å². The molecule has 1 unspecified atom stereocenters. The first kappa shape index (κ1) is 70.5. The highest BCUT2D eigenvalue weighted by atomic mass is 31.2. The molecule has 0 aliphatic carbocycles. The van der Waals surface area contributed by atoms with Crippen molar-refractivity contribution in [3.63, 3.8) is 0 Å². The third kappa shape index (κ3) is 60.2. The summed E-state index contributed by atoms with van der Waals surface area (Å²) in [7, 11) is -4.28. The minimum Gasteiger partial charge on any atom is -0.457 e. The van der Waals surface area contributed by atoms with E-state index < -0.39 is 13.9 Å². The van der Waals surface area contributed by atoms with E-state index in [9.17, 15) is 14.3 Å². The number of phosphoric ester groups is 1. The number of phosphoric acid groups is 1. The van der Waals surface area contributed by atoms with Gasteiger partial charge in [-0.1, -0.05) is 335 Å². The van der Waals surface area contributed by atoms with Crippen LogP contribution in [-0.4, -0.2) is 49.9 Å². The highest BCUT2D eigenvalue weighted by molar-refractivity contribution is 7.47. The fourth-order valence-electron chi connectivity index (χ4n) is 10.1. The van der Waals surface area contributed by atoms with Crippen molar-refractivity contribution in [2.24, 2.45) is 5.73 Å². The predicted octanol–water partition coefficient (Wildman–Crippen LogP) is 20.7. The van der Waals surface area contributed by atoms with Crippen LogP contribution in [0.25, 0.3) is 0 Å². The number of hydrogen-bond acceptors (Lipinski definition) is 7. The van der Waals surface area contributed by atoms with E-state index in [1.165, 1.54) is 302 Å². The Kier molecular flexibility index (Phi) is 59.9. The molecule has 0 aromatic rings. The highest BCUT2D eigenvalue weighted by Crippen LogP contribution is 2.43. The lowest BCUT2D eigenvalue weighted by molar-refractivity contribution is -0.154. The maximum atomic E-state index is 12.7. The van der Waals surface area contributed by atoms with Crippen molar-refractivity contribution in [1.82, 2.24) is 0 Å². The van der Waals surface area contributed by atoms with Crippen molar-refractivity contribution in [3.8, 4) is 0 Å². The number of carbonyl (C=O) groups excluding carboxylic acids is 1. The third-order valence-electron chi connectivity index (χ3n) is 14.8. The fraction of sp³-hybridized carbons (Fsp3) is 0.984. The lowest BCUT2D eigenvalue weighted by atomic mass is 10.0. The number of unbranched alkanes of at least 4 members (excludes halogenated alkanes) is 50. The Bertz CT molecular complexity index is 1060. The molecule has 9 heteroatoms. The lowest BCUT2D eigenvalue weighted by Gasteiger charge is -2.20. The van der Waals surface area contributed by atoms with Gasteiger partial charge in [0.25, 0.3) is 0 Å². The molecule has 0 saturated heterocycles. The highest BCUT2D eigenvalue weighted by Gasteiger charge is 2.25. The van der Waals surface area contributed by atoms with Gasteiger partial charge in [0.15, 0.2) is 0 Å². The van der Waals surface area contributed by atoms with Gasteiger partial charge in [0.2, 0.25) is 0 Å². The average molecular weight is 1030 g/mol. The number of esters is 1. The lowest BCUT2D eigenvalue weighted by Crippen LogP contribution is -2.28. The molecule has 0 aliphatic rings. The summed E-state index contributed by atoms with van der Waals surface area (Å²) in [5, 5.41) is 0. The maximum absolute atomic E-state index is 12.7. The number of carbonyl (C=O) groups is 1. The SMILES string of the molecule is CCCCCCCCCCCCCCCCCCCCCCCCCCCCCCCCCCCCCCC(=O)O[C@H](COCCCCCCCCCCCCCCCCCC)COP(=O)(O)OCCN. The van der Waals surface area contributed by atoms with E-state index in [0.29, 0.717) is 13.0 Å². The summed E-state index contributed by atoms with van der Waals surface area (Å²) in [6.07, 6.45) is 70.6. The van der Waals surface area contributed by atoms with Gasteiger partial charge >= 0.3 is 13.8 Å². The van der Waals surface area contributed by atoms with Crippen molar-refractivity contribution in [2.75, 3.05) is 33.0 Å². The van der Waals surface area contributed by atoms with Gasteiger partial charge < -0.3 is 20.1 Å². The molecule has 0 aromatic heterocycles. The van der Waals surface area contributed by atoms with Crippen LogP contribution in [0.5, 0.6) is 0 Å². The summed E-state index contributed by atoms with van der Waals surface area (Å²) in [5.41, 5.74) is 5.41. The molecule has 0 rings (SSSR count). The van der Waals surface area contributed by atoms with Gasteiger partial charge in [0.05, 0.1) is 19.8 Å². The van der Waals surface area contributed by atoms with Gasteiger partial charge in [-0.05, 0) is 12.8 Å². The summed E-state index contributed by atoms with van der Waals surface area (Å²) in [5.74, 6) is -0.318. The Balaban J connectivity index is 3.66. The standard InChI is InChI=1S/C62H126NO7P/c1-3-5-7-9-11-13-15-17-19-21-22-23-24-25-26-27-28-29-30-31-32-33-34-35-36-37-38-39-40-41-43-45-47-49-51-53-55-62(64)70-61(60-69-71(65,66)68-58-56-63)59-67-57-54-52-50-48-46-44-42-20-18-16-14-12-10-8-6-4-2/h61H,3-60,63H2,1-2H3,(H,65,66)/t61-/m1/s1. The van der Waals surface area contributed by atoms with E-state index in [1.807, 2.05) is 0 Å². The van der Waals surface area contributed by atoms with Gasteiger partial charge in [0.1, 0.15) is 6.10 Å². The van der Waals surface area contributed by atoms with Crippen molar-refractivity contribution in [3.05, 3.63) is 0 Å². The molecule has 0 saturated carbocycles.